The summed E-state index contributed by atoms with van der Waals surface area (Å²) in [7, 11) is 1.94. The van der Waals surface area contributed by atoms with Gasteiger partial charge >= 0.3 is 0 Å². The van der Waals surface area contributed by atoms with Crippen molar-refractivity contribution < 1.29 is 0 Å². The molecule has 0 aliphatic rings. The lowest BCUT2D eigenvalue weighted by molar-refractivity contribution is 0.598. The molecule has 1 heterocycles. The molecule has 0 aliphatic heterocycles. The summed E-state index contributed by atoms with van der Waals surface area (Å²) >= 11 is 6.41. The van der Waals surface area contributed by atoms with E-state index in [9.17, 15) is 0 Å². The minimum Gasteiger partial charge on any atom is -0.313 e. The molecule has 1 aromatic carbocycles. The van der Waals surface area contributed by atoms with Gasteiger partial charge in [-0.3, -0.25) is 4.68 Å². The van der Waals surface area contributed by atoms with E-state index in [0.717, 1.165) is 40.4 Å². The molecule has 0 saturated heterocycles. The number of halogens is 1. The Bertz CT molecular complexity index is 589. The van der Waals surface area contributed by atoms with Crippen molar-refractivity contribution in [1.82, 2.24) is 15.1 Å². The fourth-order valence-corrected chi connectivity index (χ4v) is 2.69. The minimum atomic E-state index is 0.250. The third kappa shape index (κ3) is 3.05. The molecular formula is C16H22ClN3. The first-order valence-electron chi connectivity index (χ1n) is 7.08. The van der Waals surface area contributed by atoms with Gasteiger partial charge < -0.3 is 5.32 Å². The van der Waals surface area contributed by atoms with E-state index in [4.69, 9.17) is 11.6 Å². The summed E-state index contributed by atoms with van der Waals surface area (Å²) in [6, 6.07) is 6.50. The van der Waals surface area contributed by atoms with Gasteiger partial charge in [-0.2, -0.15) is 5.10 Å². The number of rotatable bonds is 5. The molecular weight excluding hydrogens is 270 g/mol. The Morgan fingerprint density at radius 2 is 2.15 bits per heavy atom. The largest absolute Gasteiger partial charge is 0.313 e. The average Bonchev–Trinajstić information content (AvgIpc) is 2.79. The molecule has 1 unspecified atom stereocenters. The molecule has 20 heavy (non-hydrogen) atoms. The number of benzene rings is 1. The van der Waals surface area contributed by atoms with E-state index in [1.165, 1.54) is 0 Å². The Morgan fingerprint density at radius 3 is 2.75 bits per heavy atom. The van der Waals surface area contributed by atoms with Gasteiger partial charge in [0, 0.05) is 29.4 Å². The standard InChI is InChI=1S/C16H22ClN3/c1-5-8-20-10-15(12(3)19-20)13-6-7-14(11(2)18-4)16(17)9-13/h6-7,9-11,18H,5,8H2,1-4H3. The molecule has 0 spiro atoms. The Hall–Kier alpha value is -1.32. The van der Waals surface area contributed by atoms with Crippen LogP contribution in [0.4, 0.5) is 0 Å². The highest BCUT2D eigenvalue weighted by Crippen LogP contribution is 2.30. The Labute approximate surface area is 126 Å². The van der Waals surface area contributed by atoms with Crippen LogP contribution in [0, 0.1) is 6.92 Å². The van der Waals surface area contributed by atoms with Crippen molar-refractivity contribution in [3.8, 4) is 11.1 Å². The van der Waals surface area contributed by atoms with Crippen LogP contribution < -0.4 is 5.32 Å². The number of aryl methyl sites for hydroxylation is 2. The zero-order chi connectivity index (χ0) is 14.7. The van der Waals surface area contributed by atoms with Crippen LogP contribution in [-0.4, -0.2) is 16.8 Å². The van der Waals surface area contributed by atoms with Gasteiger partial charge in [-0.1, -0.05) is 30.7 Å². The predicted molar refractivity (Wildman–Crippen MR) is 85.2 cm³/mol. The first kappa shape index (κ1) is 15.1. The van der Waals surface area contributed by atoms with Crippen LogP contribution in [0.1, 0.15) is 37.6 Å². The molecule has 0 fully saturated rings. The monoisotopic (exact) mass is 291 g/mol. The topological polar surface area (TPSA) is 29.9 Å². The maximum Gasteiger partial charge on any atom is 0.0672 e. The van der Waals surface area contributed by atoms with Gasteiger partial charge in [0.1, 0.15) is 0 Å². The smallest absolute Gasteiger partial charge is 0.0672 e. The summed E-state index contributed by atoms with van der Waals surface area (Å²) < 4.78 is 2.00. The quantitative estimate of drug-likeness (QED) is 0.894. The Morgan fingerprint density at radius 1 is 1.40 bits per heavy atom. The summed E-state index contributed by atoms with van der Waals surface area (Å²) in [5.41, 5.74) is 4.45. The summed E-state index contributed by atoms with van der Waals surface area (Å²) in [5.74, 6) is 0. The lowest BCUT2D eigenvalue weighted by Gasteiger charge is -2.13. The second-order valence-electron chi connectivity index (χ2n) is 5.14. The predicted octanol–water partition coefficient (Wildman–Crippen LogP) is 4.20. The molecule has 2 rings (SSSR count). The van der Waals surface area contributed by atoms with Crippen molar-refractivity contribution in [2.45, 2.75) is 39.8 Å². The molecule has 0 radical (unpaired) electrons. The minimum absolute atomic E-state index is 0.250. The van der Waals surface area contributed by atoms with Crippen molar-refractivity contribution >= 4 is 11.6 Å². The molecule has 0 amide bonds. The highest BCUT2D eigenvalue weighted by Gasteiger charge is 2.12. The van der Waals surface area contributed by atoms with Gasteiger partial charge in [-0.25, -0.2) is 0 Å². The number of hydrogen-bond acceptors (Lipinski definition) is 2. The zero-order valence-corrected chi connectivity index (χ0v) is 13.3. The zero-order valence-electron chi connectivity index (χ0n) is 12.6. The second kappa shape index (κ2) is 6.42. The lowest BCUT2D eigenvalue weighted by atomic mass is 10.0. The van der Waals surface area contributed by atoms with E-state index in [1.807, 2.05) is 24.7 Å². The van der Waals surface area contributed by atoms with Crippen molar-refractivity contribution in [3.63, 3.8) is 0 Å². The summed E-state index contributed by atoms with van der Waals surface area (Å²) in [5, 5.41) is 8.55. The number of hydrogen-bond donors (Lipinski definition) is 1. The van der Waals surface area contributed by atoms with E-state index in [1.54, 1.807) is 0 Å². The maximum atomic E-state index is 6.41. The second-order valence-corrected chi connectivity index (χ2v) is 5.55. The maximum absolute atomic E-state index is 6.41. The molecule has 1 atom stereocenters. The van der Waals surface area contributed by atoms with Gasteiger partial charge in [0.15, 0.2) is 0 Å². The van der Waals surface area contributed by atoms with Crippen LogP contribution in [0.5, 0.6) is 0 Å². The van der Waals surface area contributed by atoms with Crippen LogP contribution >= 0.6 is 11.6 Å². The number of aromatic nitrogens is 2. The SMILES string of the molecule is CCCn1cc(-c2ccc(C(C)NC)c(Cl)c2)c(C)n1. The first-order valence-corrected chi connectivity index (χ1v) is 7.45. The number of nitrogens with one attached hydrogen (secondary N) is 1. The van der Waals surface area contributed by atoms with Crippen molar-refractivity contribution in [2.75, 3.05) is 7.05 Å². The summed E-state index contributed by atoms with van der Waals surface area (Å²) in [6.45, 7) is 7.25. The van der Waals surface area contributed by atoms with Gasteiger partial charge in [-0.15, -0.1) is 0 Å². The molecule has 2 aromatic rings. The van der Waals surface area contributed by atoms with E-state index >= 15 is 0 Å². The first-order chi connectivity index (χ1) is 9.56. The molecule has 4 heteroatoms. The molecule has 0 saturated carbocycles. The average molecular weight is 292 g/mol. The highest BCUT2D eigenvalue weighted by atomic mass is 35.5. The van der Waals surface area contributed by atoms with Gasteiger partial charge in [0.05, 0.1) is 5.69 Å². The normalized spacial score (nSPS) is 12.7. The summed E-state index contributed by atoms with van der Waals surface area (Å²) in [4.78, 5) is 0. The lowest BCUT2D eigenvalue weighted by Crippen LogP contribution is -2.12. The fourth-order valence-electron chi connectivity index (χ4n) is 2.35. The van der Waals surface area contributed by atoms with E-state index in [-0.39, 0.29) is 6.04 Å². The van der Waals surface area contributed by atoms with Crippen LogP contribution in [0.15, 0.2) is 24.4 Å². The van der Waals surface area contributed by atoms with E-state index in [0.29, 0.717) is 0 Å². The van der Waals surface area contributed by atoms with Crippen molar-refractivity contribution in [3.05, 3.63) is 40.7 Å². The highest BCUT2D eigenvalue weighted by molar-refractivity contribution is 6.31. The molecule has 3 nitrogen and oxygen atoms in total. The van der Waals surface area contributed by atoms with Crippen molar-refractivity contribution in [1.29, 1.82) is 0 Å². The van der Waals surface area contributed by atoms with Gasteiger partial charge in [0.25, 0.3) is 0 Å². The molecule has 0 bridgehead atoms. The van der Waals surface area contributed by atoms with Crippen LogP contribution in [0.3, 0.4) is 0 Å². The van der Waals surface area contributed by atoms with E-state index < -0.39 is 0 Å². The van der Waals surface area contributed by atoms with Crippen LogP contribution in [0.25, 0.3) is 11.1 Å². The van der Waals surface area contributed by atoms with Crippen LogP contribution in [0.2, 0.25) is 5.02 Å². The van der Waals surface area contributed by atoms with Gasteiger partial charge in [-0.05, 0) is 44.5 Å². The molecule has 108 valence electrons. The molecule has 0 aliphatic carbocycles. The molecule has 1 aromatic heterocycles. The van der Waals surface area contributed by atoms with Gasteiger partial charge in [0.2, 0.25) is 0 Å². The molecule has 1 N–H and O–H groups in total. The van der Waals surface area contributed by atoms with Crippen molar-refractivity contribution in [2.24, 2.45) is 0 Å². The third-order valence-electron chi connectivity index (χ3n) is 3.61. The summed E-state index contributed by atoms with van der Waals surface area (Å²) in [6.07, 6.45) is 3.19. The Kier molecular flexibility index (Phi) is 4.84. The number of nitrogens with zero attached hydrogens (tertiary/aromatic N) is 2. The third-order valence-corrected chi connectivity index (χ3v) is 3.94. The van der Waals surface area contributed by atoms with E-state index in [2.05, 4.69) is 42.6 Å². The fraction of sp³-hybridized carbons (Fsp3) is 0.438. The van der Waals surface area contributed by atoms with Crippen LogP contribution in [-0.2, 0) is 6.54 Å². The Balaban J connectivity index is 2.36.